The highest BCUT2D eigenvalue weighted by molar-refractivity contribution is 5.91. The maximum atomic E-state index is 11.5. The fourth-order valence-corrected chi connectivity index (χ4v) is 1.56. The van der Waals surface area contributed by atoms with E-state index in [1.54, 1.807) is 6.92 Å². The molecule has 0 aliphatic rings. The number of nitrogens with two attached hydrogens (primary N) is 1. The smallest absolute Gasteiger partial charge is 0.225 e. The normalized spacial score (nSPS) is 12.1. The Labute approximate surface area is 105 Å². The van der Waals surface area contributed by atoms with Gasteiger partial charge in [0.25, 0.3) is 0 Å². The van der Waals surface area contributed by atoms with Crippen molar-refractivity contribution in [2.45, 2.75) is 19.4 Å². The van der Waals surface area contributed by atoms with Crippen LogP contribution >= 0.6 is 0 Å². The highest BCUT2D eigenvalue weighted by atomic mass is 16.1. The van der Waals surface area contributed by atoms with Crippen LogP contribution in [0.4, 0.5) is 5.69 Å². The molecule has 2 rings (SSSR count). The van der Waals surface area contributed by atoms with Crippen LogP contribution in [0.25, 0.3) is 11.4 Å². The minimum atomic E-state index is -0.140. The number of benzene rings is 1. The van der Waals surface area contributed by atoms with Crippen LogP contribution in [-0.2, 0) is 4.79 Å². The van der Waals surface area contributed by atoms with Crippen molar-refractivity contribution in [1.82, 2.24) is 15.2 Å². The Hall–Kier alpha value is -2.21. The van der Waals surface area contributed by atoms with Gasteiger partial charge in [0.1, 0.15) is 6.33 Å². The third kappa shape index (κ3) is 3.14. The third-order valence-electron chi connectivity index (χ3n) is 2.36. The Balaban J connectivity index is 2.02. The summed E-state index contributed by atoms with van der Waals surface area (Å²) in [6.07, 6.45) is 1.76. The Morgan fingerprint density at radius 3 is 2.72 bits per heavy atom. The van der Waals surface area contributed by atoms with Crippen molar-refractivity contribution in [1.29, 1.82) is 0 Å². The largest absolute Gasteiger partial charge is 0.327 e. The fourth-order valence-electron chi connectivity index (χ4n) is 1.56. The summed E-state index contributed by atoms with van der Waals surface area (Å²) >= 11 is 0. The summed E-state index contributed by atoms with van der Waals surface area (Å²) in [5.74, 6) is 0.612. The average Bonchev–Trinajstić information content (AvgIpc) is 2.82. The molecule has 0 spiro atoms. The molecule has 0 aliphatic heterocycles. The molecule has 4 N–H and O–H groups in total. The summed E-state index contributed by atoms with van der Waals surface area (Å²) in [7, 11) is 0. The number of nitrogens with one attached hydrogen (secondary N) is 2. The minimum absolute atomic E-state index is 0.0857. The number of amides is 1. The highest BCUT2D eigenvalue weighted by Crippen LogP contribution is 2.17. The van der Waals surface area contributed by atoms with Crippen molar-refractivity contribution in [2.24, 2.45) is 5.73 Å². The van der Waals surface area contributed by atoms with E-state index in [0.29, 0.717) is 12.2 Å². The zero-order valence-corrected chi connectivity index (χ0v) is 10.1. The number of carbonyl (C=O) groups excluding carboxylic acids is 1. The summed E-state index contributed by atoms with van der Waals surface area (Å²) in [4.78, 5) is 15.6. The molecule has 1 aromatic carbocycles. The Bertz CT molecular complexity index is 504. The maximum absolute atomic E-state index is 11.5. The number of carbonyl (C=O) groups is 1. The second-order valence-corrected chi connectivity index (χ2v) is 4.14. The van der Waals surface area contributed by atoms with Gasteiger partial charge in [0.15, 0.2) is 5.82 Å². The summed E-state index contributed by atoms with van der Waals surface area (Å²) in [6, 6.07) is 7.22. The van der Waals surface area contributed by atoms with Gasteiger partial charge in [0.2, 0.25) is 5.91 Å². The van der Waals surface area contributed by atoms with Gasteiger partial charge in [0, 0.05) is 23.7 Å². The lowest BCUT2D eigenvalue weighted by molar-refractivity contribution is -0.116. The van der Waals surface area contributed by atoms with Gasteiger partial charge in [-0.2, -0.15) is 5.10 Å². The molecule has 0 saturated heterocycles. The van der Waals surface area contributed by atoms with Gasteiger partial charge in [-0.05, 0) is 31.2 Å². The van der Waals surface area contributed by atoms with E-state index in [2.05, 4.69) is 20.5 Å². The number of hydrogen-bond donors (Lipinski definition) is 3. The van der Waals surface area contributed by atoms with E-state index in [1.807, 2.05) is 24.3 Å². The molecule has 1 aromatic heterocycles. The molecule has 1 heterocycles. The van der Waals surface area contributed by atoms with E-state index in [4.69, 9.17) is 5.73 Å². The molecule has 0 aliphatic carbocycles. The quantitative estimate of drug-likeness (QED) is 0.752. The van der Waals surface area contributed by atoms with Crippen LogP contribution in [0.1, 0.15) is 13.3 Å². The van der Waals surface area contributed by atoms with Gasteiger partial charge < -0.3 is 11.1 Å². The van der Waals surface area contributed by atoms with Gasteiger partial charge in [-0.1, -0.05) is 0 Å². The molecule has 94 valence electrons. The summed E-state index contributed by atoms with van der Waals surface area (Å²) in [5, 5.41) is 9.34. The SMILES string of the molecule is CC(N)CC(=O)Nc1ccc(-c2ncn[nH]2)cc1. The molecule has 6 heteroatoms. The van der Waals surface area contributed by atoms with Crippen LogP contribution in [0, 0.1) is 0 Å². The first kappa shape index (κ1) is 12.3. The lowest BCUT2D eigenvalue weighted by Gasteiger charge is -2.07. The van der Waals surface area contributed by atoms with Crippen LogP contribution in [0.3, 0.4) is 0 Å². The van der Waals surface area contributed by atoms with Crippen LogP contribution in [0.5, 0.6) is 0 Å². The van der Waals surface area contributed by atoms with Crippen molar-refractivity contribution in [3.05, 3.63) is 30.6 Å². The average molecular weight is 245 g/mol. The van der Waals surface area contributed by atoms with Crippen LogP contribution in [0.15, 0.2) is 30.6 Å². The Morgan fingerprint density at radius 2 is 2.17 bits per heavy atom. The van der Waals surface area contributed by atoms with E-state index >= 15 is 0 Å². The summed E-state index contributed by atoms with van der Waals surface area (Å²) in [5.41, 5.74) is 7.21. The van der Waals surface area contributed by atoms with Crippen molar-refractivity contribution >= 4 is 11.6 Å². The number of H-pyrrole nitrogens is 1. The second-order valence-electron chi connectivity index (χ2n) is 4.14. The number of rotatable bonds is 4. The predicted octanol–water partition coefficient (Wildman–Crippen LogP) is 1.15. The number of anilines is 1. The number of aromatic nitrogens is 3. The first-order valence-corrected chi connectivity index (χ1v) is 5.66. The second kappa shape index (κ2) is 5.42. The maximum Gasteiger partial charge on any atom is 0.225 e. The lowest BCUT2D eigenvalue weighted by atomic mass is 10.2. The highest BCUT2D eigenvalue weighted by Gasteiger charge is 2.06. The summed E-state index contributed by atoms with van der Waals surface area (Å²) < 4.78 is 0. The molecule has 1 amide bonds. The molecule has 1 atom stereocenters. The van der Waals surface area contributed by atoms with Crippen molar-refractivity contribution in [3.63, 3.8) is 0 Å². The Kier molecular flexibility index (Phi) is 3.69. The topological polar surface area (TPSA) is 96.7 Å². The first-order valence-electron chi connectivity index (χ1n) is 5.66. The molecule has 1 unspecified atom stereocenters. The molecule has 0 radical (unpaired) electrons. The molecule has 2 aromatic rings. The van der Waals surface area contributed by atoms with Crippen molar-refractivity contribution in [2.75, 3.05) is 5.32 Å². The van der Waals surface area contributed by atoms with Gasteiger partial charge in [-0.3, -0.25) is 9.89 Å². The standard InChI is InChI=1S/C12H15N5O/c1-8(13)6-11(18)16-10-4-2-9(3-5-10)12-14-7-15-17-12/h2-5,7-8H,6,13H2,1H3,(H,16,18)(H,14,15,17). The van der Waals surface area contributed by atoms with Crippen molar-refractivity contribution in [3.8, 4) is 11.4 Å². The Morgan fingerprint density at radius 1 is 1.44 bits per heavy atom. The van der Waals surface area contributed by atoms with E-state index < -0.39 is 0 Å². The lowest BCUT2D eigenvalue weighted by Crippen LogP contribution is -2.23. The number of hydrogen-bond acceptors (Lipinski definition) is 4. The molecular formula is C12H15N5O. The van der Waals surface area contributed by atoms with E-state index in [9.17, 15) is 4.79 Å². The fraction of sp³-hybridized carbons (Fsp3) is 0.250. The van der Waals surface area contributed by atoms with E-state index in [0.717, 1.165) is 11.3 Å². The molecule has 6 nitrogen and oxygen atoms in total. The third-order valence-corrected chi connectivity index (χ3v) is 2.36. The summed E-state index contributed by atoms with van der Waals surface area (Å²) in [6.45, 7) is 1.80. The number of nitrogens with zero attached hydrogens (tertiary/aromatic N) is 2. The monoisotopic (exact) mass is 245 g/mol. The zero-order valence-electron chi connectivity index (χ0n) is 10.1. The van der Waals surface area contributed by atoms with Crippen LogP contribution in [-0.4, -0.2) is 27.1 Å². The molecule has 0 bridgehead atoms. The number of aromatic amines is 1. The minimum Gasteiger partial charge on any atom is -0.327 e. The van der Waals surface area contributed by atoms with Crippen LogP contribution in [0.2, 0.25) is 0 Å². The van der Waals surface area contributed by atoms with Gasteiger partial charge >= 0.3 is 0 Å². The molecular weight excluding hydrogens is 230 g/mol. The molecule has 18 heavy (non-hydrogen) atoms. The van der Waals surface area contributed by atoms with Gasteiger partial charge in [-0.15, -0.1) is 0 Å². The van der Waals surface area contributed by atoms with Gasteiger partial charge in [-0.25, -0.2) is 4.98 Å². The predicted molar refractivity (Wildman–Crippen MR) is 68.7 cm³/mol. The first-order chi connectivity index (χ1) is 8.65. The van der Waals surface area contributed by atoms with Crippen LogP contribution < -0.4 is 11.1 Å². The van der Waals surface area contributed by atoms with Gasteiger partial charge in [0.05, 0.1) is 0 Å². The van der Waals surface area contributed by atoms with E-state index in [1.165, 1.54) is 6.33 Å². The van der Waals surface area contributed by atoms with E-state index in [-0.39, 0.29) is 11.9 Å². The zero-order chi connectivity index (χ0) is 13.0. The molecule has 0 fully saturated rings. The van der Waals surface area contributed by atoms with Crippen molar-refractivity contribution < 1.29 is 4.79 Å². The molecule has 0 saturated carbocycles.